The molecule has 1 unspecified atom stereocenters. The zero-order chi connectivity index (χ0) is 13.8. The maximum absolute atomic E-state index is 11.9. The lowest BCUT2D eigenvalue weighted by Gasteiger charge is -2.15. The largest absolute Gasteiger partial charge is 0.353 e. The highest BCUT2D eigenvalue weighted by atomic mass is 32.2. The van der Waals surface area contributed by atoms with Crippen molar-refractivity contribution >= 4 is 17.7 Å². The van der Waals surface area contributed by atoms with E-state index in [1.807, 2.05) is 25.5 Å². The first-order valence-corrected chi connectivity index (χ1v) is 7.70. The van der Waals surface area contributed by atoms with Crippen molar-refractivity contribution in [1.29, 1.82) is 0 Å². The van der Waals surface area contributed by atoms with Crippen molar-refractivity contribution in [2.45, 2.75) is 68.9 Å². The van der Waals surface area contributed by atoms with Crippen LogP contribution in [0.3, 0.4) is 0 Å². The zero-order valence-electron chi connectivity index (χ0n) is 11.7. The van der Waals surface area contributed by atoms with E-state index in [0.29, 0.717) is 6.04 Å². The van der Waals surface area contributed by atoms with Crippen molar-refractivity contribution in [2.24, 2.45) is 0 Å². The molecular formula is C12H21N5OS. The van der Waals surface area contributed by atoms with Gasteiger partial charge in [0.1, 0.15) is 0 Å². The number of amides is 1. The number of carbonyl (C=O) groups excluding carboxylic acids is 1. The molecule has 0 aliphatic heterocycles. The standard InChI is InChI=1S/C12H21N5OS/c1-8(2)13-11(18)9(3)19-12-14-15-16-17(12)10-6-4-5-7-10/h8-10H,4-7H2,1-3H3,(H,13,18). The van der Waals surface area contributed by atoms with Crippen LogP contribution in [0, 0.1) is 0 Å². The second-order valence-corrected chi connectivity index (χ2v) is 6.58. The van der Waals surface area contributed by atoms with E-state index >= 15 is 0 Å². The van der Waals surface area contributed by atoms with Gasteiger partial charge in [0.25, 0.3) is 0 Å². The molecule has 1 aliphatic carbocycles. The van der Waals surface area contributed by atoms with Gasteiger partial charge in [-0.3, -0.25) is 4.79 Å². The molecular weight excluding hydrogens is 262 g/mol. The van der Waals surface area contributed by atoms with Crippen molar-refractivity contribution < 1.29 is 4.79 Å². The number of nitrogens with one attached hydrogen (secondary N) is 1. The molecule has 1 heterocycles. The Morgan fingerprint density at radius 1 is 1.37 bits per heavy atom. The summed E-state index contributed by atoms with van der Waals surface area (Å²) < 4.78 is 1.89. The van der Waals surface area contributed by atoms with E-state index in [-0.39, 0.29) is 17.2 Å². The summed E-state index contributed by atoms with van der Waals surface area (Å²) in [6, 6.07) is 0.555. The number of hydrogen-bond acceptors (Lipinski definition) is 5. The van der Waals surface area contributed by atoms with Crippen molar-refractivity contribution in [2.75, 3.05) is 0 Å². The number of tetrazole rings is 1. The van der Waals surface area contributed by atoms with Gasteiger partial charge in [0.2, 0.25) is 11.1 Å². The van der Waals surface area contributed by atoms with Crippen LogP contribution in [-0.4, -0.2) is 37.4 Å². The molecule has 1 atom stereocenters. The summed E-state index contributed by atoms with van der Waals surface area (Å²) in [5, 5.41) is 15.3. The minimum atomic E-state index is -0.187. The smallest absolute Gasteiger partial charge is 0.233 e. The highest BCUT2D eigenvalue weighted by Gasteiger charge is 2.24. The number of aromatic nitrogens is 4. The Morgan fingerprint density at radius 2 is 2.05 bits per heavy atom. The maximum atomic E-state index is 11.9. The van der Waals surface area contributed by atoms with Gasteiger partial charge in [-0.1, -0.05) is 24.6 Å². The fraction of sp³-hybridized carbons (Fsp3) is 0.833. The van der Waals surface area contributed by atoms with Gasteiger partial charge in [-0.15, -0.1) is 5.10 Å². The first kappa shape index (κ1) is 14.3. The Balaban J connectivity index is 1.99. The van der Waals surface area contributed by atoms with E-state index in [0.717, 1.165) is 18.0 Å². The number of thioether (sulfide) groups is 1. The molecule has 0 bridgehead atoms. The zero-order valence-corrected chi connectivity index (χ0v) is 12.5. The predicted molar refractivity (Wildman–Crippen MR) is 73.9 cm³/mol. The lowest BCUT2D eigenvalue weighted by atomic mass is 10.3. The van der Waals surface area contributed by atoms with E-state index in [1.54, 1.807) is 0 Å². The third-order valence-electron chi connectivity index (χ3n) is 3.22. The average molecular weight is 283 g/mol. The van der Waals surface area contributed by atoms with Gasteiger partial charge in [0.15, 0.2) is 0 Å². The SMILES string of the molecule is CC(C)NC(=O)C(C)Sc1nnnn1C1CCCC1. The summed E-state index contributed by atoms with van der Waals surface area (Å²) in [5.41, 5.74) is 0. The second-order valence-electron chi connectivity index (χ2n) is 5.27. The van der Waals surface area contributed by atoms with Gasteiger partial charge in [-0.2, -0.15) is 0 Å². The van der Waals surface area contributed by atoms with Crippen LogP contribution < -0.4 is 5.32 Å². The molecule has 2 rings (SSSR count). The van der Waals surface area contributed by atoms with Gasteiger partial charge in [0.05, 0.1) is 11.3 Å². The van der Waals surface area contributed by atoms with Crippen LogP contribution in [0.25, 0.3) is 0 Å². The Hall–Kier alpha value is -1.11. The van der Waals surface area contributed by atoms with Crippen LogP contribution in [0.15, 0.2) is 5.16 Å². The van der Waals surface area contributed by atoms with Crippen LogP contribution in [0.4, 0.5) is 0 Å². The molecule has 1 aromatic heterocycles. The fourth-order valence-electron chi connectivity index (χ4n) is 2.25. The summed E-state index contributed by atoms with van der Waals surface area (Å²) in [5.74, 6) is 0.0287. The second kappa shape index (κ2) is 6.36. The van der Waals surface area contributed by atoms with Gasteiger partial charge in [-0.25, -0.2) is 4.68 Å². The molecule has 106 valence electrons. The quantitative estimate of drug-likeness (QED) is 0.834. The number of nitrogens with zero attached hydrogens (tertiary/aromatic N) is 4. The van der Waals surface area contributed by atoms with Crippen molar-refractivity contribution in [3.8, 4) is 0 Å². The summed E-state index contributed by atoms with van der Waals surface area (Å²) >= 11 is 1.43. The normalized spacial score (nSPS) is 17.9. The molecule has 1 aliphatic rings. The Morgan fingerprint density at radius 3 is 2.68 bits per heavy atom. The summed E-state index contributed by atoms with van der Waals surface area (Å²) in [6.07, 6.45) is 4.73. The molecule has 7 heteroatoms. The molecule has 0 radical (unpaired) electrons. The summed E-state index contributed by atoms with van der Waals surface area (Å²) in [7, 11) is 0. The van der Waals surface area contributed by atoms with E-state index in [2.05, 4.69) is 20.8 Å². The van der Waals surface area contributed by atoms with Gasteiger partial charge >= 0.3 is 0 Å². The Kier molecular flexibility index (Phi) is 4.79. The van der Waals surface area contributed by atoms with Crippen molar-refractivity contribution in [3.05, 3.63) is 0 Å². The first-order valence-electron chi connectivity index (χ1n) is 6.83. The maximum Gasteiger partial charge on any atom is 0.233 e. The third-order valence-corrected chi connectivity index (χ3v) is 4.26. The summed E-state index contributed by atoms with van der Waals surface area (Å²) in [4.78, 5) is 11.9. The van der Waals surface area contributed by atoms with Crippen molar-refractivity contribution in [1.82, 2.24) is 25.5 Å². The van der Waals surface area contributed by atoms with Gasteiger partial charge in [-0.05, 0) is 44.0 Å². The molecule has 1 N–H and O–H groups in total. The molecule has 1 amide bonds. The average Bonchev–Trinajstić information content (AvgIpc) is 2.97. The number of rotatable bonds is 5. The summed E-state index contributed by atoms with van der Waals surface area (Å²) in [6.45, 7) is 5.80. The molecule has 6 nitrogen and oxygen atoms in total. The van der Waals surface area contributed by atoms with E-state index in [1.165, 1.54) is 24.6 Å². The fourth-order valence-corrected chi connectivity index (χ4v) is 3.12. The Bertz CT molecular complexity index is 428. The van der Waals surface area contributed by atoms with E-state index in [4.69, 9.17) is 0 Å². The topological polar surface area (TPSA) is 72.7 Å². The minimum Gasteiger partial charge on any atom is -0.353 e. The lowest BCUT2D eigenvalue weighted by molar-refractivity contribution is -0.120. The van der Waals surface area contributed by atoms with Crippen molar-refractivity contribution in [3.63, 3.8) is 0 Å². The number of carbonyl (C=O) groups is 1. The van der Waals surface area contributed by atoms with Crippen LogP contribution in [0.1, 0.15) is 52.5 Å². The van der Waals surface area contributed by atoms with Crippen LogP contribution in [-0.2, 0) is 4.79 Å². The minimum absolute atomic E-state index is 0.0287. The highest BCUT2D eigenvalue weighted by molar-refractivity contribution is 8.00. The van der Waals surface area contributed by atoms with Gasteiger partial charge in [0, 0.05) is 6.04 Å². The molecule has 1 fully saturated rings. The Labute approximate surface area is 117 Å². The lowest BCUT2D eigenvalue weighted by Crippen LogP contribution is -2.36. The molecule has 0 spiro atoms. The monoisotopic (exact) mass is 283 g/mol. The van der Waals surface area contributed by atoms with Gasteiger partial charge < -0.3 is 5.32 Å². The molecule has 1 saturated carbocycles. The molecule has 19 heavy (non-hydrogen) atoms. The number of hydrogen-bond donors (Lipinski definition) is 1. The molecule has 0 saturated heterocycles. The first-order chi connectivity index (χ1) is 9.08. The van der Waals surface area contributed by atoms with Crippen LogP contribution in [0.2, 0.25) is 0 Å². The van der Waals surface area contributed by atoms with Crippen LogP contribution >= 0.6 is 11.8 Å². The third kappa shape index (κ3) is 3.68. The highest BCUT2D eigenvalue weighted by Crippen LogP contribution is 2.32. The molecule has 0 aromatic carbocycles. The van der Waals surface area contributed by atoms with E-state index in [9.17, 15) is 4.79 Å². The van der Waals surface area contributed by atoms with E-state index < -0.39 is 0 Å². The molecule has 1 aromatic rings. The van der Waals surface area contributed by atoms with Crippen LogP contribution in [0.5, 0.6) is 0 Å². The predicted octanol–water partition coefficient (Wildman–Crippen LogP) is 1.79.